The topological polar surface area (TPSA) is 35.2 Å². The van der Waals surface area contributed by atoms with Crippen molar-refractivity contribution in [2.45, 2.75) is 13.0 Å². The molecule has 20 heavy (non-hydrogen) atoms. The van der Waals surface area contributed by atoms with Gasteiger partial charge in [-0.15, -0.1) is 0 Å². The summed E-state index contributed by atoms with van der Waals surface area (Å²) in [4.78, 5) is 0. The number of benzene rings is 2. The van der Waals surface area contributed by atoms with Crippen molar-refractivity contribution in [1.29, 1.82) is 0 Å². The molecule has 0 amide bonds. The van der Waals surface area contributed by atoms with Crippen LogP contribution in [0.25, 0.3) is 0 Å². The number of rotatable bonds is 3. The lowest BCUT2D eigenvalue weighted by Gasteiger charge is -2.12. The molecule has 2 N–H and O–H groups in total. The molecular weight excluding hydrogens is 396 g/mol. The van der Waals surface area contributed by atoms with E-state index in [0.717, 1.165) is 11.6 Å². The number of hydrogen-bond acceptors (Lipinski definition) is 2. The molecule has 0 heterocycles. The van der Waals surface area contributed by atoms with Crippen molar-refractivity contribution in [3.63, 3.8) is 0 Å². The van der Waals surface area contributed by atoms with Crippen molar-refractivity contribution in [2.75, 3.05) is 0 Å². The van der Waals surface area contributed by atoms with Crippen molar-refractivity contribution in [2.24, 2.45) is 5.73 Å². The molecular formula is C14H11Br2F2NO. The van der Waals surface area contributed by atoms with Gasteiger partial charge in [0.25, 0.3) is 0 Å². The molecule has 6 heteroatoms. The van der Waals surface area contributed by atoms with E-state index in [0.29, 0.717) is 14.7 Å². The van der Waals surface area contributed by atoms with E-state index < -0.39 is 11.6 Å². The normalized spacial score (nSPS) is 12.3. The molecule has 0 spiro atoms. The third-order valence-corrected chi connectivity index (χ3v) is 3.74. The first-order valence-corrected chi connectivity index (χ1v) is 7.34. The van der Waals surface area contributed by atoms with Crippen LogP contribution in [0, 0.1) is 11.6 Å². The zero-order chi connectivity index (χ0) is 14.9. The second kappa shape index (κ2) is 6.20. The van der Waals surface area contributed by atoms with Crippen LogP contribution in [0.4, 0.5) is 8.78 Å². The maximum Gasteiger partial charge on any atom is 0.201 e. The molecule has 0 fully saturated rings. The van der Waals surface area contributed by atoms with Gasteiger partial charge in [0.05, 0.1) is 4.47 Å². The van der Waals surface area contributed by atoms with Gasteiger partial charge in [0.2, 0.25) is 5.82 Å². The van der Waals surface area contributed by atoms with Crippen LogP contribution in [0.1, 0.15) is 18.5 Å². The highest BCUT2D eigenvalue weighted by Gasteiger charge is 2.14. The van der Waals surface area contributed by atoms with E-state index in [1.54, 1.807) is 18.2 Å². The number of ether oxygens (including phenoxy) is 1. The largest absolute Gasteiger partial charge is 0.453 e. The summed E-state index contributed by atoms with van der Waals surface area (Å²) in [5, 5.41) is 0. The lowest BCUT2D eigenvalue weighted by Crippen LogP contribution is -2.04. The summed E-state index contributed by atoms with van der Waals surface area (Å²) < 4.78 is 33.4. The first-order chi connectivity index (χ1) is 9.38. The maximum atomic E-state index is 13.7. The van der Waals surface area contributed by atoms with E-state index in [4.69, 9.17) is 10.5 Å². The van der Waals surface area contributed by atoms with Crippen LogP contribution in [0.15, 0.2) is 39.3 Å². The summed E-state index contributed by atoms with van der Waals surface area (Å²) >= 11 is 6.42. The van der Waals surface area contributed by atoms with E-state index in [2.05, 4.69) is 31.9 Å². The highest BCUT2D eigenvalue weighted by molar-refractivity contribution is 9.10. The molecule has 1 atom stereocenters. The minimum atomic E-state index is -1.03. The van der Waals surface area contributed by atoms with E-state index in [9.17, 15) is 8.78 Å². The van der Waals surface area contributed by atoms with Gasteiger partial charge in [-0.1, -0.05) is 22.0 Å². The van der Waals surface area contributed by atoms with Crippen molar-refractivity contribution >= 4 is 31.9 Å². The molecule has 0 unspecified atom stereocenters. The maximum absolute atomic E-state index is 13.7. The quantitative estimate of drug-likeness (QED) is 0.701. The summed E-state index contributed by atoms with van der Waals surface area (Å²) in [6, 6.07) is 7.49. The van der Waals surface area contributed by atoms with E-state index in [1.165, 1.54) is 6.07 Å². The van der Waals surface area contributed by atoms with Crippen LogP contribution < -0.4 is 10.5 Å². The highest BCUT2D eigenvalue weighted by Crippen LogP contribution is 2.34. The Bertz CT molecular complexity index is 647. The van der Waals surface area contributed by atoms with Crippen molar-refractivity contribution < 1.29 is 13.5 Å². The standard InChI is InChI=1S/C14H11Br2F2NO/c1-7(19)8-2-3-12(10(16)4-8)20-13-6-9(15)5-11(17)14(13)18/h2-7H,19H2,1H3/t7-/m1/s1. The summed E-state index contributed by atoms with van der Waals surface area (Å²) in [6.45, 7) is 1.85. The zero-order valence-corrected chi connectivity index (χ0v) is 13.6. The molecule has 106 valence electrons. The fourth-order valence-corrected chi connectivity index (χ4v) is 2.49. The first kappa shape index (κ1) is 15.4. The molecule has 0 aromatic heterocycles. The van der Waals surface area contributed by atoms with Gasteiger partial charge in [-0.25, -0.2) is 4.39 Å². The van der Waals surface area contributed by atoms with Crippen LogP contribution in [0.5, 0.6) is 11.5 Å². The Morgan fingerprint density at radius 2 is 1.80 bits per heavy atom. The Morgan fingerprint density at radius 1 is 1.10 bits per heavy atom. The Hall–Kier alpha value is -0.980. The molecule has 0 aliphatic rings. The van der Waals surface area contributed by atoms with E-state index in [-0.39, 0.29) is 11.8 Å². The molecule has 0 radical (unpaired) electrons. The van der Waals surface area contributed by atoms with Crippen molar-refractivity contribution in [3.8, 4) is 11.5 Å². The molecule has 2 nitrogen and oxygen atoms in total. The van der Waals surface area contributed by atoms with Gasteiger partial charge in [-0.05, 0) is 52.7 Å². The van der Waals surface area contributed by atoms with E-state index in [1.807, 2.05) is 6.92 Å². The molecule has 2 rings (SSSR count). The van der Waals surface area contributed by atoms with Crippen LogP contribution >= 0.6 is 31.9 Å². The van der Waals surface area contributed by atoms with Gasteiger partial charge in [-0.3, -0.25) is 0 Å². The van der Waals surface area contributed by atoms with Crippen LogP contribution in [0.2, 0.25) is 0 Å². The molecule has 2 aromatic rings. The Labute approximate surface area is 132 Å². The molecule has 0 saturated carbocycles. The molecule has 2 aromatic carbocycles. The van der Waals surface area contributed by atoms with Crippen molar-refractivity contribution in [3.05, 3.63) is 56.5 Å². The van der Waals surface area contributed by atoms with Gasteiger partial charge in [0.15, 0.2) is 11.6 Å². The van der Waals surface area contributed by atoms with Gasteiger partial charge in [0.1, 0.15) is 5.75 Å². The molecule has 0 saturated heterocycles. The van der Waals surface area contributed by atoms with Crippen LogP contribution in [-0.4, -0.2) is 0 Å². The van der Waals surface area contributed by atoms with Gasteiger partial charge >= 0.3 is 0 Å². The minimum absolute atomic E-state index is 0.125. The van der Waals surface area contributed by atoms with Gasteiger partial charge < -0.3 is 10.5 Å². The lowest BCUT2D eigenvalue weighted by atomic mass is 10.1. The smallest absolute Gasteiger partial charge is 0.201 e. The predicted octanol–water partition coefficient (Wildman–Crippen LogP) is 5.30. The molecule has 0 bridgehead atoms. The second-order valence-corrected chi connectivity index (χ2v) is 6.05. The second-order valence-electron chi connectivity index (χ2n) is 4.28. The summed E-state index contributed by atoms with van der Waals surface area (Å²) in [5.74, 6) is -1.81. The Kier molecular flexibility index (Phi) is 4.78. The average molecular weight is 407 g/mol. The van der Waals surface area contributed by atoms with Gasteiger partial charge in [0, 0.05) is 10.5 Å². The van der Waals surface area contributed by atoms with Gasteiger partial charge in [-0.2, -0.15) is 4.39 Å². The third kappa shape index (κ3) is 3.37. The predicted molar refractivity (Wildman–Crippen MR) is 80.9 cm³/mol. The molecule has 0 aliphatic heterocycles. The number of nitrogens with two attached hydrogens (primary N) is 1. The minimum Gasteiger partial charge on any atom is -0.453 e. The Balaban J connectivity index is 2.35. The van der Waals surface area contributed by atoms with Crippen molar-refractivity contribution in [1.82, 2.24) is 0 Å². The SMILES string of the molecule is C[C@@H](N)c1ccc(Oc2cc(Br)cc(F)c2F)c(Br)c1. The monoisotopic (exact) mass is 405 g/mol. The average Bonchev–Trinajstić information content (AvgIpc) is 2.37. The highest BCUT2D eigenvalue weighted by atomic mass is 79.9. The number of halogens is 4. The van der Waals surface area contributed by atoms with Crippen LogP contribution in [-0.2, 0) is 0 Å². The summed E-state index contributed by atoms with van der Waals surface area (Å²) in [5.41, 5.74) is 6.68. The Morgan fingerprint density at radius 3 is 2.40 bits per heavy atom. The first-order valence-electron chi connectivity index (χ1n) is 5.76. The summed E-state index contributed by atoms with van der Waals surface area (Å²) in [7, 11) is 0. The molecule has 0 aliphatic carbocycles. The fourth-order valence-electron chi connectivity index (χ4n) is 1.61. The third-order valence-electron chi connectivity index (χ3n) is 2.66. The van der Waals surface area contributed by atoms with E-state index >= 15 is 0 Å². The number of hydrogen-bond donors (Lipinski definition) is 1. The lowest BCUT2D eigenvalue weighted by molar-refractivity contribution is 0.413. The van der Waals surface area contributed by atoms with Crippen LogP contribution in [0.3, 0.4) is 0 Å². The zero-order valence-electron chi connectivity index (χ0n) is 10.5. The fraction of sp³-hybridized carbons (Fsp3) is 0.143. The summed E-state index contributed by atoms with van der Waals surface area (Å²) in [6.07, 6.45) is 0.